The number of hydrogen-bond donors (Lipinski definition) is 2. The fraction of sp³-hybridized carbons (Fsp3) is 0.821. The predicted octanol–water partition coefficient (Wildman–Crippen LogP) is 4.61. The highest BCUT2D eigenvalue weighted by Gasteiger charge is 2.58. The van der Waals surface area contributed by atoms with E-state index in [1.807, 2.05) is 6.08 Å². The minimum atomic E-state index is 0.0307. The van der Waals surface area contributed by atoms with Crippen LogP contribution in [0.5, 0.6) is 0 Å². The Hall–Kier alpha value is -1.13. The molecule has 4 fully saturated rings. The van der Waals surface area contributed by atoms with Crippen LogP contribution in [0.1, 0.15) is 72.6 Å². The smallest absolute Gasteiger partial charge is 0.243 e. The Labute approximate surface area is 194 Å². The third-order valence-electron chi connectivity index (χ3n) is 11.0. The van der Waals surface area contributed by atoms with Crippen molar-refractivity contribution in [2.24, 2.45) is 40.9 Å². The molecule has 6 rings (SSSR count). The minimum Gasteiger partial charge on any atom is -0.369 e. The average Bonchev–Trinajstić information content (AvgIpc) is 3.15. The molecule has 3 aliphatic carbocycles. The minimum absolute atomic E-state index is 0.0307. The van der Waals surface area contributed by atoms with Crippen LogP contribution in [0.2, 0.25) is 0 Å². The summed E-state index contributed by atoms with van der Waals surface area (Å²) in [5, 5.41) is 6.98. The van der Waals surface area contributed by atoms with Gasteiger partial charge in [-0.25, -0.2) is 0 Å². The van der Waals surface area contributed by atoms with Crippen molar-refractivity contribution in [2.45, 2.75) is 90.4 Å². The van der Waals surface area contributed by atoms with Gasteiger partial charge in [0.25, 0.3) is 0 Å². The van der Waals surface area contributed by atoms with Gasteiger partial charge in [-0.15, -0.1) is 0 Å². The Balaban J connectivity index is 1.30. The summed E-state index contributed by atoms with van der Waals surface area (Å²) >= 11 is 0. The van der Waals surface area contributed by atoms with Crippen molar-refractivity contribution in [1.82, 2.24) is 10.6 Å². The number of piperidine rings is 1. The first-order valence-corrected chi connectivity index (χ1v) is 13.4. The summed E-state index contributed by atoms with van der Waals surface area (Å²) < 4.78 is 7.01. The van der Waals surface area contributed by atoms with Crippen LogP contribution < -0.4 is 10.6 Å². The Morgan fingerprint density at radius 3 is 2.84 bits per heavy atom. The van der Waals surface area contributed by atoms with E-state index >= 15 is 0 Å². The fourth-order valence-corrected chi connectivity index (χ4v) is 9.16. The normalized spacial score (nSPS) is 52.6. The van der Waals surface area contributed by atoms with Crippen LogP contribution >= 0.6 is 0 Å². The molecule has 4 nitrogen and oxygen atoms in total. The maximum absolute atomic E-state index is 12.1. The Kier molecular flexibility index (Phi) is 4.97. The number of carbonyl (C=O) groups is 1. The van der Waals surface area contributed by atoms with Crippen LogP contribution in [0.15, 0.2) is 23.3 Å². The number of hydrogen-bond acceptors (Lipinski definition) is 3. The second-order valence-corrected chi connectivity index (χ2v) is 12.6. The maximum atomic E-state index is 12.1. The summed E-state index contributed by atoms with van der Waals surface area (Å²) in [5.74, 6) is 4.15. The van der Waals surface area contributed by atoms with Gasteiger partial charge in [-0.2, -0.15) is 0 Å². The third kappa shape index (κ3) is 3.04. The SMILES string of the molecule is CC1=C2CC3C(CC[C@H]4CNC(=O)C=CC34C)C2CCC2(C1)OC1CC(C)CNC1C2C. The van der Waals surface area contributed by atoms with Crippen molar-refractivity contribution in [1.29, 1.82) is 0 Å². The molecule has 4 heteroatoms. The molecule has 1 spiro atoms. The molecule has 2 N–H and O–H groups in total. The quantitative estimate of drug-likeness (QED) is 0.543. The topological polar surface area (TPSA) is 50.4 Å². The van der Waals surface area contributed by atoms with Crippen LogP contribution in [-0.2, 0) is 9.53 Å². The Bertz CT molecular complexity index is 863. The molecule has 3 aliphatic heterocycles. The van der Waals surface area contributed by atoms with Gasteiger partial charge < -0.3 is 15.4 Å². The molecule has 176 valence electrons. The molecule has 0 aromatic rings. The summed E-state index contributed by atoms with van der Waals surface area (Å²) in [7, 11) is 0. The van der Waals surface area contributed by atoms with E-state index in [2.05, 4.69) is 44.4 Å². The molecule has 6 aliphatic rings. The molecular formula is C28H42N2O2. The van der Waals surface area contributed by atoms with Gasteiger partial charge in [0.05, 0.1) is 11.7 Å². The molecule has 2 saturated carbocycles. The number of amides is 1. The van der Waals surface area contributed by atoms with Crippen molar-refractivity contribution < 1.29 is 9.53 Å². The van der Waals surface area contributed by atoms with E-state index < -0.39 is 0 Å². The van der Waals surface area contributed by atoms with E-state index in [1.54, 1.807) is 11.1 Å². The molecule has 10 atom stereocenters. The summed E-state index contributed by atoms with van der Waals surface area (Å²) in [6.45, 7) is 11.7. The third-order valence-corrected chi connectivity index (χ3v) is 11.0. The molecule has 1 amide bonds. The van der Waals surface area contributed by atoms with Gasteiger partial charge in [-0.05, 0) is 99.5 Å². The molecule has 9 unspecified atom stereocenters. The largest absolute Gasteiger partial charge is 0.369 e. The van der Waals surface area contributed by atoms with Crippen LogP contribution in [0.4, 0.5) is 0 Å². The van der Waals surface area contributed by atoms with Crippen molar-refractivity contribution in [3.05, 3.63) is 23.3 Å². The summed E-state index contributed by atoms with van der Waals surface area (Å²) in [5.41, 5.74) is 3.57. The van der Waals surface area contributed by atoms with E-state index in [9.17, 15) is 4.79 Å². The van der Waals surface area contributed by atoms with Crippen LogP contribution in [0.25, 0.3) is 0 Å². The highest BCUT2D eigenvalue weighted by Crippen LogP contribution is 2.63. The molecule has 0 aromatic heterocycles. The molecule has 0 aromatic carbocycles. The van der Waals surface area contributed by atoms with Gasteiger partial charge in [0.1, 0.15) is 0 Å². The zero-order valence-corrected chi connectivity index (χ0v) is 20.5. The first kappa shape index (κ1) is 21.4. The number of nitrogens with one attached hydrogen (secondary N) is 2. The molecule has 32 heavy (non-hydrogen) atoms. The molecule has 0 radical (unpaired) electrons. The van der Waals surface area contributed by atoms with E-state index in [4.69, 9.17) is 4.74 Å². The molecule has 2 saturated heterocycles. The van der Waals surface area contributed by atoms with Gasteiger partial charge in [0.15, 0.2) is 0 Å². The van der Waals surface area contributed by atoms with Crippen LogP contribution in [0, 0.1) is 40.9 Å². The van der Waals surface area contributed by atoms with Gasteiger partial charge in [-0.3, -0.25) is 4.79 Å². The number of ether oxygens (including phenoxy) is 1. The average molecular weight is 439 g/mol. The number of fused-ring (bicyclic) bond motifs is 6. The first-order chi connectivity index (χ1) is 15.3. The molecule has 3 heterocycles. The zero-order valence-electron chi connectivity index (χ0n) is 20.5. The second-order valence-electron chi connectivity index (χ2n) is 12.6. The summed E-state index contributed by atoms with van der Waals surface area (Å²) in [6, 6.07) is 0.533. The van der Waals surface area contributed by atoms with E-state index in [0.29, 0.717) is 35.8 Å². The van der Waals surface area contributed by atoms with Gasteiger partial charge >= 0.3 is 0 Å². The lowest BCUT2D eigenvalue weighted by molar-refractivity contribution is -0.116. The Morgan fingerprint density at radius 1 is 1.16 bits per heavy atom. The predicted molar refractivity (Wildman–Crippen MR) is 127 cm³/mol. The van der Waals surface area contributed by atoms with E-state index in [-0.39, 0.29) is 16.9 Å². The van der Waals surface area contributed by atoms with Crippen molar-refractivity contribution in [2.75, 3.05) is 13.1 Å². The van der Waals surface area contributed by atoms with E-state index in [0.717, 1.165) is 31.3 Å². The Morgan fingerprint density at radius 2 is 2.00 bits per heavy atom. The molecular weight excluding hydrogens is 396 g/mol. The highest BCUT2D eigenvalue weighted by atomic mass is 16.5. The first-order valence-electron chi connectivity index (χ1n) is 13.4. The lowest BCUT2D eigenvalue weighted by Crippen LogP contribution is -2.48. The summed E-state index contributed by atoms with van der Waals surface area (Å²) in [4.78, 5) is 12.1. The number of allylic oxidation sites excluding steroid dienone is 2. The lowest BCUT2D eigenvalue weighted by Gasteiger charge is -2.48. The maximum Gasteiger partial charge on any atom is 0.243 e. The monoisotopic (exact) mass is 438 g/mol. The molecule has 0 bridgehead atoms. The highest BCUT2D eigenvalue weighted by molar-refractivity contribution is 5.87. The zero-order chi connectivity index (χ0) is 22.3. The fourth-order valence-electron chi connectivity index (χ4n) is 9.16. The van der Waals surface area contributed by atoms with Crippen molar-refractivity contribution in [3.63, 3.8) is 0 Å². The van der Waals surface area contributed by atoms with Crippen LogP contribution in [0.3, 0.4) is 0 Å². The standard InChI is InChI=1S/C28H42N2O2/c1-16-11-24-26(30-14-16)18(3)28(32-24)10-7-20-21-6-5-19-15-29-25(31)8-9-27(19,4)23(21)12-22(20)17(2)13-28/h8-9,16,18-21,23-24,26,30H,5-7,10-15H2,1-4H3,(H,29,31)/t16?,18?,19-,20?,21?,23?,24?,26?,27?,28?/m0/s1. The van der Waals surface area contributed by atoms with Gasteiger partial charge in [-0.1, -0.05) is 38.0 Å². The number of rotatable bonds is 0. The number of carbonyl (C=O) groups excluding carboxylic acids is 1. The van der Waals surface area contributed by atoms with E-state index in [1.165, 1.54) is 38.5 Å². The van der Waals surface area contributed by atoms with Crippen molar-refractivity contribution in [3.8, 4) is 0 Å². The lowest BCUT2D eigenvalue weighted by atomic mass is 9.57. The summed E-state index contributed by atoms with van der Waals surface area (Å²) in [6.07, 6.45) is 13.2. The second kappa shape index (κ2) is 7.43. The van der Waals surface area contributed by atoms with Crippen molar-refractivity contribution >= 4 is 5.91 Å². The van der Waals surface area contributed by atoms with Crippen LogP contribution in [-0.4, -0.2) is 36.7 Å². The van der Waals surface area contributed by atoms with Gasteiger partial charge in [0.2, 0.25) is 5.91 Å². The van der Waals surface area contributed by atoms with Gasteiger partial charge in [0, 0.05) is 18.5 Å².